The number of hydrogen-bond donors (Lipinski definition) is 1. The summed E-state index contributed by atoms with van der Waals surface area (Å²) in [4.78, 5) is 13.7. The first-order chi connectivity index (χ1) is 11.7. The van der Waals surface area contributed by atoms with Gasteiger partial charge in [0.05, 0.1) is 5.39 Å². The summed E-state index contributed by atoms with van der Waals surface area (Å²) < 4.78 is 5.60. The number of nitrogens with two attached hydrogens (primary N) is 1. The van der Waals surface area contributed by atoms with Gasteiger partial charge in [0.25, 0.3) is 0 Å². The van der Waals surface area contributed by atoms with E-state index in [1.165, 1.54) is 30.8 Å². The van der Waals surface area contributed by atoms with Crippen LogP contribution in [0.2, 0.25) is 0 Å². The third-order valence-electron chi connectivity index (χ3n) is 4.01. The van der Waals surface area contributed by atoms with Gasteiger partial charge in [0, 0.05) is 11.4 Å². The van der Waals surface area contributed by atoms with Crippen molar-refractivity contribution in [2.45, 2.75) is 40.2 Å². The zero-order valence-corrected chi connectivity index (χ0v) is 15.3. The molecule has 4 heterocycles. The van der Waals surface area contributed by atoms with Crippen LogP contribution in [0.1, 0.15) is 37.3 Å². The van der Waals surface area contributed by atoms with E-state index in [0.717, 1.165) is 22.5 Å². The second-order valence-electron chi connectivity index (χ2n) is 5.76. The average molecular weight is 344 g/mol. The van der Waals surface area contributed by atoms with E-state index in [1.807, 2.05) is 32.9 Å². The molecular formula is C18H24N4OS. The van der Waals surface area contributed by atoms with Crippen molar-refractivity contribution >= 4 is 27.4 Å². The third kappa shape index (κ3) is 3.44. The smallest absolute Gasteiger partial charge is 0.199 e. The van der Waals surface area contributed by atoms with Gasteiger partial charge in [-0.2, -0.15) is 0 Å². The zero-order chi connectivity index (χ0) is 17.1. The van der Waals surface area contributed by atoms with E-state index >= 15 is 0 Å². The fourth-order valence-electron chi connectivity index (χ4n) is 2.90. The van der Waals surface area contributed by atoms with Crippen molar-refractivity contribution in [1.29, 1.82) is 0 Å². The van der Waals surface area contributed by atoms with Crippen LogP contribution < -0.4 is 5.73 Å². The molecular weight excluding hydrogens is 320 g/mol. The van der Waals surface area contributed by atoms with Crippen molar-refractivity contribution < 1.29 is 4.42 Å². The minimum atomic E-state index is 0.526. The Morgan fingerprint density at radius 1 is 1.21 bits per heavy atom. The highest BCUT2D eigenvalue weighted by atomic mass is 32.1. The molecule has 1 fully saturated rings. The molecule has 5 nitrogen and oxygen atoms in total. The first-order valence-electron chi connectivity index (χ1n) is 8.54. The third-order valence-corrected chi connectivity index (χ3v) is 5.03. The lowest BCUT2D eigenvalue weighted by atomic mass is 10.3. The van der Waals surface area contributed by atoms with Crippen molar-refractivity contribution in [3.63, 3.8) is 0 Å². The first kappa shape index (κ1) is 16.9. The van der Waals surface area contributed by atoms with Crippen LogP contribution in [-0.4, -0.2) is 28.0 Å². The number of hydrogen-bond acceptors (Lipinski definition) is 6. The van der Waals surface area contributed by atoms with E-state index in [0.29, 0.717) is 17.4 Å². The maximum absolute atomic E-state index is 6.12. The topological polar surface area (TPSA) is 68.2 Å². The van der Waals surface area contributed by atoms with Gasteiger partial charge in [-0.15, -0.1) is 11.3 Å². The molecule has 1 saturated heterocycles. The molecule has 0 aliphatic carbocycles. The largest absolute Gasteiger partial charge is 0.458 e. The molecule has 0 aromatic carbocycles. The quantitative estimate of drug-likeness (QED) is 0.759. The predicted molar refractivity (Wildman–Crippen MR) is 100 cm³/mol. The van der Waals surface area contributed by atoms with Crippen LogP contribution in [0.4, 0.5) is 5.82 Å². The Kier molecular flexibility index (Phi) is 5.16. The Balaban J connectivity index is 0.000000815. The molecule has 0 unspecified atom stereocenters. The van der Waals surface area contributed by atoms with Gasteiger partial charge in [-0.1, -0.05) is 13.8 Å². The molecule has 4 rings (SSSR count). The van der Waals surface area contributed by atoms with E-state index in [-0.39, 0.29) is 0 Å². The van der Waals surface area contributed by atoms with Crippen LogP contribution >= 0.6 is 11.3 Å². The van der Waals surface area contributed by atoms with Gasteiger partial charge in [-0.05, 0) is 51.1 Å². The molecule has 6 heteroatoms. The van der Waals surface area contributed by atoms with E-state index in [9.17, 15) is 0 Å². The highest BCUT2D eigenvalue weighted by Crippen LogP contribution is 2.31. The van der Waals surface area contributed by atoms with Crippen LogP contribution in [0.15, 0.2) is 22.6 Å². The van der Waals surface area contributed by atoms with Crippen molar-refractivity contribution in [2.24, 2.45) is 0 Å². The number of likely N-dealkylation sites (tertiary alicyclic amines) is 1. The number of aryl methyl sites for hydroxylation is 1. The Hall–Kier alpha value is -1.92. The van der Waals surface area contributed by atoms with Gasteiger partial charge < -0.3 is 10.2 Å². The molecule has 0 spiro atoms. The Morgan fingerprint density at radius 3 is 2.62 bits per heavy atom. The summed E-state index contributed by atoms with van der Waals surface area (Å²) in [5.41, 5.74) is 6.12. The zero-order valence-electron chi connectivity index (χ0n) is 14.5. The number of aromatic nitrogens is 2. The van der Waals surface area contributed by atoms with Crippen molar-refractivity contribution in [3.05, 3.63) is 28.8 Å². The van der Waals surface area contributed by atoms with E-state index in [4.69, 9.17) is 10.2 Å². The van der Waals surface area contributed by atoms with Gasteiger partial charge in [-0.25, -0.2) is 9.97 Å². The van der Waals surface area contributed by atoms with E-state index in [2.05, 4.69) is 20.9 Å². The molecule has 1 aliphatic rings. The number of rotatable bonds is 3. The summed E-state index contributed by atoms with van der Waals surface area (Å²) in [6, 6.07) is 5.92. The number of thiophene rings is 1. The molecule has 1 aliphatic heterocycles. The van der Waals surface area contributed by atoms with Crippen LogP contribution in [0, 0.1) is 6.92 Å². The Morgan fingerprint density at radius 2 is 1.96 bits per heavy atom. The number of fused-ring (bicyclic) bond motifs is 1. The maximum atomic E-state index is 6.12. The van der Waals surface area contributed by atoms with Gasteiger partial charge in [0.15, 0.2) is 11.6 Å². The highest BCUT2D eigenvalue weighted by molar-refractivity contribution is 7.18. The average Bonchev–Trinajstić information content (AvgIpc) is 3.30. The lowest BCUT2D eigenvalue weighted by Gasteiger charge is -2.11. The van der Waals surface area contributed by atoms with E-state index < -0.39 is 0 Å². The summed E-state index contributed by atoms with van der Waals surface area (Å²) in [5, 5.41) is 0.950. The highest BCUT2D eigenvalue weighted by Gasteiger charge is 2.16. The molecule has 0 bridgehead atoms. The van der Waals surface area contributed by atoms with Crippen LogP contribution in [0.25, 0.3) is 21.8 Å². The van der Waals surface area contributed by atoms with Gasteiger partial charge in [0.1, 0.15) is 16.4 Å². The monoisotopic (exact) mass is 344 g/mol. The number of furan rings is 1. The van der Waals surface area contributed by atoms with Crippen LogP contribution in [-0.2, 0) is 6.54 Å². The van der Waals surface area contributed by atoms with Crippen molar-refractivity contribution in [1.82, 2.24) is 14.9 Å². The number of anilines is 1. The molecule has 24 heavy (non-hydrogen) atoms. The minimum Gasteiger partial charge on any atom is -0.458 e. The summed E-state index contributed by atoms with van der Waals surface area (Å²) in [5.74, 6) is 2.60. The van der Waals surface area contributed by atoms with Gasteiger partial charge >= 0.3 is 0 Å². The minimum absolute atomic E-state index is 0.526. The predicted octanol–water partition coefficient (Wildman–Crippen LogP) is 4.46. The SMILES string of the molecule is CC.Cc1ccc(-c2nc(N)c3cc(CN4CCCC4)sc3n2)o1. The van der Waals surface area contributed by atoms with Gasteiger partial charge in [0.2, 0.25) is 0 Å². The van der Waals surface area contributed by atoms with Crippen LogP contribution in [0.3, 0.4) is 0 Å². The molecule has 0 amide bonds. The normalized spacial score (nSPS) is 14.8. The molecule has 0 atom stereocenters. The van der Waals surface area contributed by atoms with Gasteiger partial charge in [-0.3, -0.25) is 4.90 Å². The lowest BCUT2D eigenvalue weighted by Crippen LogP contribution is -2.17. The molecule has 0 radical (unpaired) electrons. The number of nitrogen functional groups attached to an aromatic ring is 1. The molecule has 3 aromatic heterocycles. The number of nitrogens with zero attached hydrogens (tertiary/aromatic N) is 3. The Bertz CT molecular complexity index is 818. The lowest BCUT2D eigenvalue weighted by molar-refractivity contribution is 0.334. The summed E-state index contributed by atoms with van der Waals surface area (Å²) in [6.07, 6.45) is 2.60. The molecule has 128 valence electrons. The molecule has 0 saturated carbocycles. The molecule has 3 aromatic rings. The summed E-state index contributed by atoms with van der Waals surface area (Å²) in [7, 11) is 0. The van der Waals surface area contributed by atoms with Crippen LogP contribution in [0.5, 0.6) is 0 Å². The molecule has 2 N–H and O–H groups in total. The fraction of sp³-hybridized carbons (Fsp3) is 0.444. The fourth-order valence-corrected chi connectivity index (χ4v) is 3.98. The van der Waals surface area contributed by atoms with Crippen molar-refractivity contribution in [3.8, 4) is 11.6 Å². The first-order valence-corrected chi connectivity index (χ1v) is 9.36. The second-order valence-corrected chi connectivity index (χ2v) is 6.87. The van der Waals surface area contributed by atoms with Crippen molar-refractivity contribution in [2.75, 3.05) is 18.8 Å². The maximum Gasteiger partial charge on any atom is 0.199 e. The summed E-state index contributed by atoms with van der Waals surface area (Å²) >= 11 is 1.70. The van der Waals surface area contributed by atoms with E-state index in [1.54, 1.807) is 11.3 Å². The Labute approximate surface area is 146 Å². The standard InChI is InChI=1S/C16H18N4OS.C2H6/c1-10-4-5-13(21-10)15-18-14(17)12-8-11(22-16(12)19-15)9-20-6-2-3-7-20;1-2/h4-5,8H,2-3,6-7,9H2,1H3,(H2,17,18,19);1-2H3. The second kappa shape index (κ2) is 7.32. The summed E-state index contributed by atoms with van der Waals surface area (Å²) in [6.45, 7) is 9.26.